The second-order valence-corrected chi connectivity index (χ2v) is 4.27. The minimum atomic E-state index is -1.37. The van der Waals surface area contributed by atoms with Gasteiger partial charge in [-0.1, -0.05) is 24.6 Å². The summed E-state index contributed by atoms with van der Waals surface area (Å²) in [5.41, 5.74) is -0.181. The topological polar surface area (TPSA) is 63.6 Å². The molecular formula is C13H14O4. The lowest BCUT2D eigenvalue weighted by Gasteiger charge is -2.40. The molecule has 0 bridgehead atoms. The highest BCUT2D eigenvalue weighted by Gasteiger charge is 2.49. The van der Waals surface area contributed by atoms with E-state index < -0.39 is 17.2 Å². The molecule has 0 unspecified atom stereocenters. The zero-order valence-electron chi connectivity index (χ0n) is 9.60. The number of hydrogen-bond acceptors (Lipinski definition) is 3. The Hall–Kier alpha value is -1.84. The van der Waals surface area contributed by atoms with Gasteiger partial charge in [-0.15, -0.1) is 0 Å². The second-order valence-electron chi connectivity index (χ2n) is 4.27. The summed E-state index contributed by atoms with van der Waals surface area (Å²) in [6, 6.07) is 7.14. The van der Waals surface area contributed by atoms with Gasteiger partial charge in [0.2, 0.25) is 5.78 Å². The Morgan fingerprint density at radius 1 is 1.29 bits per heavy atom. The fourth-order valence-corrected chi connectivity index (χ4v) is 2.39. The van der Waals surface area contributed by atoms with Crippen molar-refractivity contribution in [2.24, 2.45) is 0 Å². The highest BCUT2D eigenvalue weighted by Crippen LogP contribution is 2.47. The lowest BCUT2D eigenvalue weighted by molar-refractivity contribution is -0.153. The number of carbonyl (C=O) groups excluding carboxylic acids is 1. The van der Waals surface area contributed by atoms with E-state index in [0.717, 1.165) is 6.42 Å². The van der Waals surface area contributed by atoms with Crippen molar-refractivity contribution in [1.82, 2.24) is 0 Å². The Morgan fingerprint density at radius 3 is 2.41 bits per heavy atom. The number of ether oxygens (including phenoxy) is 1. The first-order valence-corrected chi connectivity index (χ1v) is 5.53. The number of rotatable bonds is 4. The maximum Gasteiger partial charge on any atom is 0.373 e. The van der Waals surface area contributed by atoms with E-state index in [4.69, 9.17) is 9.84 Å². The average Bonchev–Trinajstić information content (AvgIpc) is 2.28. The number of carbonyl (C=O) groups is 2. The molecule has 1 aromatic carbocycles. The van der Waals surface area contributed by atoms with Crippen molar-refractivity contribution in [1.29, 1.82) is 0 Å². The van der Waals surface area contributed by atoms with E-state index in [2.05, 4.69) is 0 Å². The van der Waals surface area contributed by atoms with Crippen LogP contribution in [-0.4, -0.2) is 24.0 Å². The van der Waals surface area contributed by atoms with E-state index in [0.29, 0.717) is 24.2 Å². The van der Waals surface area contributed by atoms with Crippen LogP contribution in [0.1, 0.15) is 24.8 Å². The standard InChI is InChI=1S/C13H14O4/c1-17-10-6-3-2-5-9(10)13(7-4-8-13)11(14)12(15)16/h2-3,5-6H,4,7-8H2,1H3,(H,15,16). The third kappa shape index (κ3) is 1.69. The van der Waals surface area contributed by atoms with Crippen LogP contribution in [0.2, 0.25) is 0 Å². The molecule has 0 radical (unpaired) electrons. The van der Waals surface area contributed by atoms with Crippen LogP contribution in [0.15, 0.2) is 24.3 Å². The van der Waals surface area contributed by atoms with Crippen LogP contribution in [0.25, 0.3) is 0 Å². The number of benzene rings is 1. The minimum Gasteiger partial charge on any atom is -0.496 e. The monoisotopic (exact) mass is 234 g/mol. The van der Waals surface area contributed by atoms with Crippen molar-refractivity contribution in [2.45, 2.75) is 24.7 Å². The molecule has 1 saturated carbocycles. The molecule has 0 amide bonds. The molecule has 1 aliphatic carbocycles. The van der Waals surface area contributed by atoms with Crippen LogP contribution in [-0.2, 0) is 15.0 Å². The highest BCUT2D eigenvalue weighted by atomic mass is 16.5. The van der Waals surface area contributed by atoms with Gasteiger partial charge in [-0.3, -0.25) is 4.79 Å². The molecule has 17 heavy (non-hydrogen) atoms. The Balaban J connectivity index is 2.48. The number of carboxylic acid groups (broad SMARTS) is 1. The second kappa shape index (κ2) is 4.20. The normalized spacial score (nSPS) is 17.0. The fourth-order valence-electron chi connectivity index (χ4n) is 2.39. The molecule has 4 nitrogen and oxygen atoms in total. The molecule has 0 spiro atoms. The average molecular weight is 234 g/mol. The predicted octanol–water partition coefficient (Wildman–Crippen LogP) is 1.77. The lowest BCUT2D eigenvalue weighted by Crippen LogP contribution is -2.46. The Morgan fingerprint density at radius 2 is 1.94 bits per heavy atom. The highest BCUT2D eigenvalue weighted by molar-refractivity contribution is 6.36. The summed E-state index contributed by atoms with van der Waals surface area (Å²) in [6.07, 6.45) is 2.04. The van der Waals surface area contributed by atoms with Crippen molar-refractivity contribution in [3.05, 3.63) is 29.8 Å². The first kappa shape index (κ1) is 11.6. The van der Waals surface area contributed by atoms with Gasteiger partial charge in [0.15, 0.2) is 0 Å². The van der Waals surface area contributed by atoms with Crippen LogP contribution >= 0.6 is 0 Å². The van der Waals surface area contributed by atoms with E-state index in [1.165, 1.54) is 7.11 Å². The number of methoxy groups -OCH3 is 1. The van der Waals surface area contributed by atoms with Crippen molar-refractivity contribution in [2.75, 3.05) is 7.11 Å². The van der Waals surface area contributed by atoms with Crippen LogP contribution in [0.5, 0.6) is 5.75 Å². The van der Waals surface area contributed by atoms with Gasteiger partial charge in [0.25, 0.3) is 0 Å². The minimum absolute atomic E-state index is 0.582. The Bertz CT molecular complexity index is 460. The number of aliphatic carboxylic acids is 1. The number of para-hydroxylation sites is 1. The van der Waals surface area contributed by atoms with Gasteiger partial charge < -0.3 is 9.84 Å². The maximum atomic E-state index is 11.9. The maximum absolute atomic E-state index is 11.9. The van der Waals surface area contributed by atoms with Crippen molar-refractivity contribution >= 4 is 11.8 Å². The van der Waals surface area contributed by atoms with E-state index >= 15 is 0 Å². The summed E-state index contributed by atoms with van der Waals surface area (Å²) in [6.45, 7) is 0. The molecule has 0 aromatic heterocycles. The first-order valence-electron chi connectivity index (χ1n) is 5.53. The van der Waals surface area contributed by atoms with Crippen molar-refractivity contribution in [3.63, 3.8) is 0 Å². The number of carboxylic acids is 1. The SMILES string of the molecule is COc1ccccc1C1(C(=O)C(=O)O)CCC1. The molecule has 1 fully saturated rings. The third-order valence-corrected chi connectivity index (χ3v) is 3.46. The Labute approximate surface area is 99.2 Å². The van der Waals surface area contributed by atoms with Gasteiger partial charge >= 0.3 is 5.97 Å². The molecule has 90 valence electrons. The smallest absolute Gasteiger partial charge is 0.373 e. The van der Waals surface area contributed by atoms with E-state index in [-0.39, 0.29) is 0 Å². The van der Waals surface area contributed by atoms with Gasteiger partial charge in [-0.2, -0.15) is 0 Å². The largest absolute Gasteiger partial charge is 0.496 e. The van der Waals surface area contributed by atoms with Gasteiger partial charge in [0.1, 0.15) is 5.75 Å². The van der Waals surface area contributed by atoms with Gasteiger partial charge in [-0.05, 0) is 18.9 Å². The predicted molar refractivity (Wildman–Crippen MR) is 61.2 cm³/mol. The summed E-state index contributed by atoms with van der Waals surface area (Å²) in [5.74, 6) is -1.51. The fraction of sp³-hybridized carbons (Fsp3) is 0.385. The molecule has 2 rings (SSSR count). The number of Topliss-reactive ketones (excluding diaryl/α,β-unsaturated/α-hetero) is 1. The third-order valence-electron chi connectivity index (χ3n) is 3.46. The van der Waals surface area contributed by atoms with Crippen LogP contribution in [0.3, 0.4) is 0 Å². The van der Waals surface area contributed by atoms with Crippen molar-refractivity contribution < 1.29 is 19.4 Å². The molecule has 0 aliphatic heterocycles. The molecule has 1 aliphatic rings. The van der Waals surface area contributed by atoms with E-state index in [1.54, 1.807) is 24.3 Å². The van der Waals surface area contributed by atoms with Gasteiger partial charge in [0, 0.05) is 5.56 Å². The molecular weight excluding hydrogens is 220 g/mol. The summed E-state index contributed by atoms with van der Waals surface area (Å²) in [7, 11) is 1.52. The number of ketones is 1. The van der Waals surface area contributed by atoms with Gasteiger partial charge in [0.05, 0.1) is 12.5 Å². The van der Waals surface area contributed by atoms with Crippen LogP contribution in [0.4, 0.5) is 0 Å². The van der Waals surface area contributed by atoms with Gasteiger partial charge in [-0.25, -0.2) is 4.79 Å². The summed E-state index contributed by atoms with van der Waals surface area (Å²) >= 11 is 0. The molecule has 4 heteroatoms. The van der Waals surface area contributed by atoms with E-state index in [1.807, 2.05) is 0 Å². The molecule has 0 saturated heterocycles. The summed E-state index contributed by atoms with van der Waals surface area (Å²) < 4.78 is 5.21. The quantitative estimate of drug-likeness (QED) is 0.806. The summed E-state index contributed by atoms with van der Waals surface area (Å²) in [5, 5.41) is 8.92. The molecule has 0 atom stereocenters. The molecule has 1 N–H and O–H groups in total. The van der Waals surface area contributed by atoms with Crippen LogP contribution in [0, 0.1) is 0 Å². The number of hydrogen-bond donors (Lipinski definition) is 1. The zero-order valence-corrected chi connectivity index (χ0v) is 9.60. The zero-order chi connectivity index (χ0) is 12.5. The lowest BCUT2D eigenvalue weighted by atomic mass is 9.61. The molecule has 1 aromatic rings. The Kier molecular flexibility index (Phi) is 2.88. The van der Waals surface area contributed by atoms with Crippen LogP contribution < -0.4 is 4.74 Å². The molecule has 0 heterocycles. The van der Waals surface area contributed by atoms with E-state index in [9.17, 15) is 9.59 Å². The first-order chi connectivity index (χ1) is 8.12. The summed E-state index contributed by atoms with van der Waals surface area (Å²) in [4.78, 5) is 22.8. The van der Waals surface area contributed by atoms with Crippen molar-refractivity contribution in [3.8, 4) is 5.75 Å².